The van der Waals surface area contributed by atoms with Crippen LogP contribution in [0.2, 0.25) is 0 Å². The lowest BCUT2D eigenvalue weighted by Gasteiger charge is -2.07. The van der Waals surface area contributed by atoms with E-state index in [-0.39, 0.29) is 23.7 Å². The zero-order valence-electron chi connectivity index (χ0n) is 13.2. The van der Waals surface area contributed by atoms with Gasteiger partial charge in [0.1, 0.15) is 5.75 Å². The minimum absolute atomic E-state index is 0.000272. The summed E-state index contributed by atoms with van der Waals surface area (Å²) < 4.78 is 5.36. The number of hydrogen-bond donors (Lipinski definition) is 2. The number of rotatable bonds is 8. The minimum atomic E-state index is -0.201. The third-order valence-electron chi connectivity index (χ3n) is 3.73. The molecule has 0 heterocycles. The van der Waals surface area contributed by atoms with Crippen LogP contribution in [0, 0.1) is 11.8 Å². The van der Waals surface area contributed by atoms with Gasteiger partial charge in [0.05, 0.1) is 18.4 Å². The van der Waals surface area contributed by atoms with Gasteiger partial charge < -0.3 is 15.4 Å². The third kappa shape index (κ3) is 4.48. The molecule has 5 nitrogen and oxygen atoms in total. The highest BCUT2D eigenvalue weighted by atomic mass is 16.5. The van der Waals surface area contributed by atoms with Crippen molar-refractivity contribution in [2.24, 2.45) is 11.8 Å². The highest BCUT2D eigenvalue weighted by Gasteiger charge is 2.47. The highest BCUT2D eigenvalue weighted by molar-refractivity contribution is 5.99. The first-order valence-electron chi connectivity index (χ1n) is 7.97. The summed E-state index contributed by atoms with van der Waals surface area (Å²) in [6.07, 6.45) is 2.66. The second-order valence-electron chi connectivity index (χ2n) is 5.54. The summed E-state index contributed by atoms with van der Waals surface area (Å²) in [5, 5.41) is 5.73. The maximum absolute atomic E-state index is 12.1. The summed E-state index contributed by atoms with van der Waals surface area (Å²) in [5.41, 5.74) is 0.727. The van der Waals surface area contributed by atoms with E-state index in [1.807, 2.05) is 31.2 Å². The molecule has 22 heavy (non-hydrogen) atoms. The van der Waals surface area contributed by atoms with Gasteiger partial charge in [-0.05, 0) is 44.0 Å². The molecule has 0 aliphatic heterocycles. The normalized spacial score (nSPS) is 19.4. The van der Waals surface area contributed by atoms with Gasteiger partial charge in [0.2, 0.25) is 11.8 Å². The van der Waals surface area contributed by atoms with E-state index >= 15 is 0 Å². The summed E-state index contributed by atoms with van der Waals surface area (Å²) >= 11 is 0. The quantitative estimate of drug-likeness (QED) is 0.725. The largest absolute Gasteiger partial charge is 0.494 e. The van der Waals surface area contributed by atoms with Crippen molar-refractivity contribution >= 4 is 17.5 Å². The van der Waals surface area contributed by atoms with Crippen LogP contribution < -0.4 is 15.4 Å². The van der Waals surface area contributed by atoms with Gasteiger partial charge in [0.15, 0.2) is 0 Å². The zero-order valence-corrected chi connectivity index (χ0v) is 13.2. The van der Waals surface area contributed by atoms with Crippen molar-refractivity contribution in [3.8, 4) is 5.75 Å². The van der Waals surface area contributed by atoms with Gasteiger partial charge in [-0.25, -0.2) is 0 Å². The Morgan fingerprint density at radius 2 is 1.82 bits per heavy atom. The van der Waals surface area contributed by atoms with E-state index in [1.54, 1.807) is 0 Å². The van der Waals surface area contributed by atoms with Crippen LogP contribution in [0.5, 0.6) is 5.75 Å². The van der Waals surface area contributed by atoms with Crippen molar-refractivity contribution in [1.82, 2.24) is 5.32 Å². The molecule has 120 valence electrons. The number of benzene rings is 1. The van der Waals surface area contributed by atoms with E-state index in [2.05, 4.69) is 17.6 Å². The van der Waals surface area contributed by atoms with Gasteiger partial charge in [-0.2, -0.15) is 0 Å². The average Bonchev–Trinajstić information content (AvgIpc) is 3.30. The molecule has 0 radical (unpaired) electrons. The van der Waals surface area contributed by atoms with Gasteiger partial charge in [0.25, 0.3) is 0 Å². The first kappa shape index (κ1) is 16.3. The molecule has 2 amide bonds. The van der Waals surface area contributed by atoms with Crippen LogP contribution in [0.3, 0.4) is 0 Å². The highest BCUT2D eigenvalue weighted by Crippen LogP contribution is 2.39. The maximum atomic E-state index is 12.1. The third-order valence-corrected chi connectivity index (χ3v) is 3.73. The summed E-state index contributed by atoms with van der Waals surface area (Å²) in [7, 11) is 0. The van der Waals surface area contributed by atoms with Crippen LogP contribution in [0.15, 0.2) is 24.3 Å². The lowest BCUT2D eigenvalue weighted by Crippen LogP contribution is -2.28. The lowest BCUT2D eigenvalue weighted by molar-refractivity contribution is -0.125. The number of carbonyl (C=O) groups excluding carboxylic acids is 2. The number of unbranched alkanes of at least 4 members (excludes halogenated alkanes) is 1. The molecule has 1 saturated carbocycles. The van der Waals surface area contributed by atoms with Crippen molar-refractivity contribution in [2.45, 2.75) is 33.1 Å². The van der Waals surface area contributed by atoms with Crippen molar-refractivity contribution in [1.29, 1.82) is 0 Å². The fourth-order valence-corrected chi connectivity index (χ4v) is 2.33. The molecule has 1 fully saturated rings. The number of nitrogens with one attached hydrogen (secondary N) is 2. The number of carbonyl (C=O) groups is 2. The minimum Gasteiger partial charge on any atom is -0.494 e. The smallest absolute Gasteiger partial charge is 0.228 e. The Labute approximate surface area is 131 Å². The van der Waals surface area contributed by atoms with Crippen molar-refractivity contribution in [3.63, 3.8) is 0 Å². The lowest BCUT2D eigenvalue weighted by atomic mass is 10.2. The Hall–Kier alpha value is -2.04. The number of ether oxygens (including phenoxy) is 1. The second kappa shape index (κ2) is 7.82. The molecule has 0 bridgehead atoms. The van der Waals surface area contributed by atoms with Gasteiger partial charge >= 0.3 is 0 Å². The number of anilines is 1. The van der Waals surface area contributed by atoms with E-state index in [4.69, 9.17) is 4.74 Å². The molecule has 5 heteroatoms. The van der Waals surface area contributed by atoms with E-state index in [1.165, 1.54) is 0 Å². The van der Waals surface area contributed by atoms with E-state index in [0.29, 0.717) is 19.6 Å². The van der Waals surface area contributed by atoms with Crippen LogP contribution >= 0.6 is 0 Å². The molecule has 2 rings (SSSR count). The average molecular weight is 304 g/mol. The first-order valence-corrected chi connectivity index (χ1v) is 7.97. The fourth-order valence-electron chi connectivity index (χ4n) is 2.33. The summed E-state index contributed by atoms with van der Waals surface area (Å²) in [4.78, 5) is 24.0. The van der Waals surface area contributed by atoms with Crippen LogP contribution in [0.25, 0.3) is 0 Å². The second-order valence-corrected chi connectivity index (χ2v) is 5.54. The Morgan fingerprint density at radius 1 is 1.14 bits per heavy atom. The summed E-state index contributed by atoms with van der Waals surface area (Å²) in [5.74, 6) is 0.327. The monoisotopic (exact) mass is 304 g/mol. The molecular formula is C17H24N2O3. The first-order chi connectivity index (χ1) is 10.7. The van der Waals surface area contributed by atoms with E-state index in [0.717, 1.165) is 24.3 Å². The predicted octanol–water partition coefficient (Wildman–Crippen LogP) is 2.58. The van der Waals surface area contributed by atoms with Crippen LogP contribution in [0.1, 0.15) is 33.1 Å². The molecule has 2 unspecified atom stereocenters. The molecule has 0 aromatic heterocycles. The molecule has 2 N–H and O–H groups in total. The van der Waals surface area contributed by atoms with Crippen molar-refractivity contribution in [3.05, 3.63) is 24.3 Å². The molecule has 2 atom stereocenters. The SMILES string of the molecule is CCCCNC(=O)C1CC1C(=O)Nc1ccc(OCC)cc1. The Balaban J connectivity index is 1.77. The molecule has 1 aromatic carbocycles. The van der Waals surface area contributed by atoms with Gasteiger partial charge in [-0.3, -0.25) is 9.59 Å². The molecule has 0 saturated heterocycles. The summed E-state index contributed by atoms with van der Waals surface area (Å²) in [6, 6.07) is 7.26. The molecule has 1 aromatic rings. The summed E-state index contributed by atoms with van der Waals surface area (Å²) in [6.45, 7) is 5.31. The molecule has 0 spiro atoms. The topological polar surface area (TPSA) is 67.4 Å². The van der Waals surface area contributed by atoms with Gasteiger partial charge in [-0.1, -0.05) is 13.3 Å². The van der Waals surface area contributed by atoms with Gasteiger partial charge in [0, 0.05) is 12.2 Å². The van der Waals surface area contributed by atoms with E-state index < -0.39 is 0 Å². The number of hydrogen-bond acceptors (Lipinski definition) is 3. The van der Waals surface area contributed by atoms with E-state index in [9.17, 15) is 9.59 Å². The van der Waals surface area contributed by atoms with Crippen molar-refractivity contribution < 1.29 is 14.3 Å². The van der Waals surface area contributed by atoms with Gasteiger partial charge in [-0.15, -0.1) is 0 Å². The maximum Gasteiger partial charge on any atom is 0.228 e. The van der Waals surface area contributed by atoms with Crippen molar-refractivity contribution in [2.75, 3.05) is 18.5 Å². The standard InChI is InChI=1S/C17H24N2O3/c1-3-5-10-18-16(20)14-11-15(14)17(21)19-12-6-8-13(9-7-12)22-4-2/h6-9,14-15H,3-5,10-11H2,1-2H3,(H,18,20)(H,19,21). The Bertz CT molecular complexity index is 513. The van der Waals surface area contributed by atoms with Crippen LogP contribution in [0.4, 0.5) is 5.69 Å². The Morgan fingerprint density at radius 3 is 2.45 bits per heavy atom. The predicted molar refractivity (Wildman–Crippen MR) is 85.8 cm³/mol. The molecular weight excluding hydrogens is 280 g/mol. The molecule has 1 aliphatic carbocycles. The van der Waals surface area contributed by atoms with Crippen LogP contribution in [-0.4, -0.2) is 25.0 Å². The molecule has 1 aliphatic rings. The van der Waals surface area contributed by atoms with Crippen LogP contribution in [-0.2, 0) is 9.59 Å². The fraction of sp³-hybridized carbons (Fsp3) is 0.529. The number of amides is 2. The Kier molecular flexibility index (Phi) is 5.81. The zero-order chi connectivity index (χ0) is 15.9.